The normalized spacial score (nSPS) is 23.0. The Bertz CT molecular complexity index is 877. The molecule has 2 aliphatic heterocycles. The molecule has 2 fully saturated rings. The number of carbonyl (C=O) groups is 1. The lowest BCUT2D eigenvalue weighted by molar-refractivity contribution is -0.119. The standard InChI is InChI=1S/C16H23N3O5S2/c20-16(18-14-6-9-25(21,22)12-14)11-17-13-4-3-5-15(10-13)26(23,24)19-7-1-2-8-19/h3-5,10,14,17H,1-2,6-9,11-12H2,(H,18,20)/t14-/m0/s1. The first-order valence-corrected chi connectivity index (χ1v) is 11.9. The summed E-state index contributed by atoms with van der Waals surface area (Å²) in [6.45, 7) is 1.02. The van der Waals surface area contributed by atoms with Crippen molar-refractivity contribution in [3.63, 3.8) is 0 Å². The van der Waals surface area contributed by atoms with Crippen LogP contribution >= 0.6 is 0 Å². The Morgan fingerprint density at radius 1 is 1.23 bits per heavy atom. The van der Waals surface area contributed by atoms with Crippen LogP contribution in [0.5, 0.6) is 0 Å². The zero-order chi connectivity index (χ0) is 18.8. The Labute approximate surface area is 153 Å². The number of benzene rings is 1. The summed E-state index contributed by atoms with van der Waals surface area (Å²) in [6.07, 6.45) is 2.17. The SMILES string of the molecule is O=C(CNc1cccc(S(=O)(=O)N2CCCC2)c1)N[C@H]1CCS(=O)(=O)C1. The van der Waals surface area contributed by atoms with E-state index in [1.165, 1.54) is 10.4 Å². The van der Waals surface area contributed by atoms with Gasteiger partial charge >= 0.3 is 0 Å². The monoisotopic (exact) mass is 401 g/mol. The van der Waals surface area contributed by atoms with Gasteiger partial charge < -0.3 is 10.6 Å². The summed E-state index contributed by atoms with van der Waals surface area (Å²) in [5, 5.41) is 5.58. The van der Waals surface area contributed by atoms with Crippen LogP contribution in [0.25, 0.3) is 0 Å². The lowest BCUT2D eigenvalue weighted by atomic mass is 10.2. The molecule has 1 aromatic carbocycles. The quantitative estimate of drug-likeness (QED) is 0.703. The molecule has 0 aromatic heterocycles. The number of sulfonamides is 1. The summed E-state index contributed by atoms with van der Waals surface area (Å²) in [5.74, 6) is -0.246. The van der Waals surface area contributed by atoms with Gasteiger partial charge in [0.1, 0.15) is 0 Å². The third-order valence-corrected chi connectivity index (χ3v) is 8.25. The molecule has 0 radical (unpaired) electrons. The van der Waals surface area contributed by atoms with Crippen molar-refractivity contribution in [1.82, 2.24) is 9.62 Å². The highest BCUT2D eigenvalue weighted by atomic mass is 32.2. The van der Waals surface area contributed by atoms with E-state index in [0.717, 1.165) is 12.8 Å². The van der Waals surface area contributed by atoms with Gasteiger partial charge in [0.25, 0.3) is 0 Å². The van der Waals surface area contributed by atoms with E-state index in [1.54, 1.807) is 18.2 Å². The maximum atomic E-state index is 12.6. The van der Waals surface area contributed by atoms with Gasteiger partial charge in [-0.3, -0.25) is 4.79 Å². The number of carbonyl (C=O) groups excluding carboxylic acids is 1. The molecule has 1 aromatic rings. The number of amides is 1. The second-order valence-electron chi connectivity index (χ2n) is 6.66. The summed E-state index contributed by atoms with van der Waals surface area (Å²) >= 11 is 0. The lowest BCUT2D eigenvalue weighted by Crippen LogP contribution is -2.39. The van der Waals surface area contributed by atoms with Crippen LogP contribution in [0.3, 0.4) is 0 Å². The third kappa shape index (κ3) is 4.54. The first kappa shape index (κ1) is 19.1. The Kier molecular flexibility index (Phi) is 5.54. The predicted octanol–water partition coefficient (Wildman–Crippen LogP) is 0.186. The van der Waals surface area contributed by atoms with Crippen molar-refractivity contribution in [2.75, 3.05) is 36.5 Å². The topological polar surface area (TPSA) is 113 Å². The molecule has 1 atom stereocenters. The predicted molar refractivity (Wildman–Crippen MR) is 98.1 cm³/mol. The molecule has 1 amide bonds. The molecule has 2 N–H and O–H groups in total. The number of rotatable bonds is 6. The molecule has 2 saturated heterocycles. The first-order valence-electron chi connectivity index (χ1n) is 8.60. The summed E-state index contributed by atoms with van der Waals surface area (Å²) in [7, 11) is -6.55. The minimum Gasteiger partial charge on any atom is -0.376 e. The van der Waals surface area contributed by atoms with Gasteiger partial charge in [0, 0.05) is 24.8 Å². The maximum absolute atomic E-state index is 12.6. The molecule has 0 spiro atoms. The summed E-state index contributed by atoms with van der Waals surface area (Å²) in [5.41, 5.74) is 0.527. The molecular formula is C16H23N3O5S2. The zero-order valence-electron chi connectivity index (χ0n) is 14.3. The van der Waals surface area contributed by atoms with E-state index >= 15 is 0 Å². The fourth-order valence-electron chi connectivity index (χ4n) is 3.21. The van der Waals surface area contributed by atoms with Crippen molar-refractivity contribution in [2.45, 2.75) is 30.2 Å². The summed E-state index contributed by atoms with van der Waals surface area (Å²) < 4.78 is 49.5. The van der Waals surface area contributed by atoms with E-state index < -0.39 is 19.9 Å². The number of sulfone groups is 1. The Morgan fingerprint density at radius 2 is 1.96 bits per heavy atom. The van der Waals surface area contributed by atoms with E-state index in [-0.39, 0.29) is 34.9 Å². The smallest absolute Gasteiger partial charge is 0.243 e. The van der Waals surface area contributed by atoms with Crippen LogP contribution in [-0.4, -0.2) is 64.2 Å². The first-order chi connectivity index (χ1) is 12.3. The minimum atomic E-state index is -3.51. The molecule has 3 rings (SSSR count). The zero-order valence-corrected chi connectivity index (χ0v) is 16.0. The highest BCUT2D eigenvalue weighted by molar-refractivity contribution is 7.91. The van der Waals surface area contributed by atoms with Crippen LogP contribution in [0.4, 0.5) is 5.69 Å². The fourth-order valence-corrected chi connectivity index (χ4v) is 6.45. The molecule has 8 nitrogen and oxygen atoms in total. The molecule has 0 bridgehead atoms. The van der Waals surface area contributed by atoms with Gasteiger partial charge in [-0.15, -0.1) is 0 Å². The number of anilines is 1. The number of nitrogens with zero attached hydrogens (tertiary/aromatic N) is 1. The third-order valence-electron chi connectivity index (χ3n) is 4.59. The lowest BCUT2D eigenvalue weighted by Gasteiger charge is -2.16. The van der Waals surface area contributed by atoms with E-state index in [4.69, 9.17) is 0 Å². The van der Waals surface area contributed by atoms with Gasteiger partial charge in [0.2, 0.25) is 15.9 Å². The molecule has 2 heterocycles. The summed E-state index contributed by atoms with van der Waals surface area (Å²) in [4.78, 5) is 12.2. The average Bonchev–Trinajstić information content (AvgIpc) is 3.23. The molecule has 144 valence electrons. The molecule has 10 heteroatoms. The van der Waals surface area contributed by atoms with Crippen molar-refractivity contribution < 1.29 is 21.6 Å². The van der Waals surface area contributed by atoms with Crippen LogP contribution in [0, 0.1) is 0 Å². The van der Waals surface area contributed by atoms with Crippen molar-refractivity contribution in [3.05, 3.63) is 24.3 Å². The number of hydrogen-bond donors (Lipinski definition) is 2. The Balaban J connectivity index is 1.58. The highest BCUT2D eigenvalue weighted by Gasteiger charge is 2.29. The van der Waals surface area contributed by atoms with Crippen LogP contribution in [0.15, 0.2) is 29.2 Å². The number of nitrogens with one attached hydrogen (secondary N) is 2. The van der Waals surface area contributed by atoms with Gasteiger partial charge in [-0.05, 0) is 37.5 Å². The van der Waals surface area contributed by atoms with Crippen LogP contribution in [0.1, 0.15) is 19.3 Å². The van der Waals surface area contributed by atoms with Crippen molar-refractivity contribution >= 4 is 31.5 Å². The van der Waals surface area contributed by atoms with Crippen molar-refractivity contribution in [1.29, 1.82) is 0 Å². The van der Waals surface area contributed by atoms with Crippen LogP contribution < -0.4 is 10.6 Å². The van der Waals surface area contributed by atoms with E-state index in [2.05, 4.69) is 10.6 Å². The molecule has 2 aliphatic rings. The highest BCUT2D eigenvalue weighted by Crippen LogP contribution is 2.23. The van der Waals surface area contributed by atoms with Gasteiger partial charge in [0.15, 0.2) is 9.84 Å². The molecule has 0 saturated carbocycles. The summed E-state index contributed by atoms with van der Waals surface area (Å²) in [6, 6.07) is 6.03. The van der Waals surface area contributed by atoms with E-state index in [0.29, 0.717) is 25.2 Å². The van der Waals surface area contributed by atoms with Gasteiger partial charge in [-0.2, -0.15) is 4.31 Å². The van der Waals surface area contributed by atoms with Crippen molar-refractivity contribution in [3.8, 4) is 0 Å². The number of hydrogen-bond acceptors (Lipinski definition) is 6. The maximum Gasteiger partial charge on any atom is 0.243 e. The molecular weight excluding hydrogens is 378 g/mol. The second kappa shape index (κ2) is 7.53. The minimum absolute atomic E-state index is 0.0255. The van der Waals surface area contributed by atoms with E-state index in [1.807, 2.05) is 0 Å². The van der Waals surface area contributed by atoms with Crippen LogP contribution in [0.2, 0.25) is 0 Å². The van der Waals surface area contributed by atoms with Crippen molar-refractivity contribution in [2.24, 2.45) is 0 Å². The molecule has 26 heavy (non-hydrogen) atoms. The average molecular weight is 402 g/mol. The second-order valence-corrected chi connectivity index (χ2v) is 10.8. The fraction of sp³-hybridized carbons (Fsp3) is 0.562. The van der Waals surface area contributed by atoms with Gasteiger partial charge in [-0.25, -0.2) is 16.8 Å². The largest absolute Gasteiger partial charge is 0.376 e. The van der Waals surface area contributed by atoms with Gasteiger partial charge in [-0.1, -0.05) is 6.07 Å². The van der Waals surface area contributed by atoms with Gasteiger partial charge in [0.05, 0.1) is 22.9 Å². The van der Waals surface area contributed by atoms with E-state index in [9.17, 15) is 21.6 Å². The molecule has 0 aliphatic carbocycles. The van der Waals surface area contributed by atoms with Crippen LogP contribution in [-0.2, 0) is 24.7 Å². The Hall–Kier alpha value is -1.65. The molecule has 0 unspecified atom stereocenters. The Morgan fingerprint density at radius 3 is 2.62 bits per heavy atom.